The van der Waals surface area contributed by atoms with Crippen molar-refractivity contribution in [2.45, 2.75) is 31.7 Å². The minimum Gasteiger partial charge on any atom is -0.354 e. The van der Waals surface area contributed by atoms with Crippen LogP contribution in [0, 0.1) is 0 Å². The summed E-state index contributed by atoms with van der Waals surface area (Å²) < 4.78 is 0. The fourth-order valence-electron chi connectivity index (χ4n) is 2.06. The summed E-state index contributed by atoms with van der Waals surface area (Å²) in [6, 6.07) is 5.85. The lowest BCUT2D eigenvalue weighted by Gasteiger charge is -2.22. The third-order valence-corrected chi connectivity index (χ3v) is 3.03. The first-order chi connectivity index (χ1) is 8.36. The van der Waals surface area contributed by atoms with Gasteiger partial charge in [0.05, 0.1) is 6.04 Å². The molecular weight excluding hydrogens is 285 g/mol. The van der Waals surface area contributed by atoms with E-state index in [4.69, 9.17) is 0 Å². The highest BCUT2D eigenvalue weighted by Gasteiger charge is 2.19. The van der Waals surface area contributed by atoms with E-state index in [9.17, 15) is 4.79 Å². The minimum absolute atomic E-state index is 0. The van der Waals surface area contributed by atoms with E-state index in [0.29, 0.717) is 6.54 Å². The van der Waals surface area contributed by atoms with Crippen molar-refractivity contribution in [3.8, 4) is 0 Å². The number of carbonyl (C=O) groups excluding carboxylic acids is 1. The summed E-state index contributed by atoms with van der Waals surface area (Å²) in [6.45, 7) is 1.62. The number of halogens is 2. The Morgan fingerprint density at radius 3 is 2.84 bits per heavy atom. The summed E-state index contributed by atoms with van der Waals surface area (Å²) in [6.07, 6.45) is 5.84. The van der Waals surface area contributed by atoms with Gasteiger partial charge in [0.1, 0.15) is 0 Å². The maximum absolute atomic E-state index is 11.8. The highest BCUT2D eigenvalue weighted by molar-refractivity contribution is 5.85. The van der Waals surface area contributed by atoms with Crippen LogP contribution in [0.2, 0.25) is 0 Å². The molecule has 1 aromatic heterocycles. The van der Waals surface area contributed by atoms with Crippen LogP contribution in [-0.2, 0) is 11.2 Å². The molecule has 1 fully saturated rings. The maximum atomic E-state index is 11.8. The normalized spacial score (nSPS) is 17.8. The molecule has 6 heteroatoms. The van der Waals surface area contributed by atoms with Crippen LogP contribution >= 0.6 is 24.8 Å². The molecule has 2 rings (SSSR count). The van der Waals surface area contributed by atoms with E-state index in [-0.39, 0.29) is 36.8 Å². The first-order valence-corrected chi connectivity index (χ1v) is 6.27. The van der Waals surface area contributed by atoms with Crippen LogP contribution in [0.1, 0.15) is 25.0 Å². The van der Waals surface area contributed by atoms with Crippen molar-refractivity contribution in [3.63, 3.8) is 0 Å². The lowest BCUT2D eigenvalue weighted by atomic mass is 10.0. The quantitative estimate of drug-likeness (QED) is 0.891. The summed E-state index contributed by atoms with van der Waals surface area (Å²) in [7, 11) is 0. The summed E-state index contributed by atoms with van der Waals surface area (Å²) in [5.41, 5.74) is 1.02. The standard InChI is InChI=1S/C13H19N3O.2ClH/c17-13(12-6-2-4-9-15-12)16-10-7-11-5-1-3-8-14-11;;/h1,3,5,8,12,15H,2,4,6-7,9-10H2,(H,16,17);2*1H/t12-;;/m0../s1. The molecule has 1 amide bonds. The number of hydrogen-bond acceptors (Lipinski definition) is 3. The molecule has 0 spiro atoms. The molecule has 1 aromatic rings. The first kappa shape index (κ1) is 18.2. The van der Waals surface area contributed by atoms with Gasteiger partial charge in [0.2, 0.25) is 5.91 Å². The zero-order valence-electron chi connectivity index (χ0n) is 10.8. The zero-order chi connectivity index (χ0) is 11.9. The van der Waals surface area contributed by atoms with E-state index in [1.54, 1.807) is 6.20 Å². The van der Waals surface area contributed by atoms with Gasteiger partial charge in [-0.2, -0.15) is 0 Å². The Kier molecular flexibility index (Phi) is 9.57. The van der Waals surface area contributed by atoms with E-state index in [2.05, 4.69) is 15.6 Å². The number of aromatic nitrogens is 1. The highest BCUT2D eigenvalue weighted by Crippen LogP contribution is 2.06. The second-order valence-corrected chi connectivity index (χ2v) is 4.36. The first-order valence-electron chi connectivity index (χ1n) is 6.27. The Bertz CT molecular complexity index is 356. The van der Waals surface area contributed by atoms with E-state index < -0.39 is 0 Å². The van der Waals surface area contributed by atoms with Crippen LogP contribution in [0.25, 0.3) is 0 Å². The molecule has 1 atom stereocenters. The second-order valence-electron chi connectivity index (χ2n) is 4.36. The number of nitrogens with one attached hydrogen (secondary N) is 2. The Morgan fingerprint density at radius 2 is 2.21 bits per heavy atom. The summed E-state index contributed by atoms with van der Waals surface area (Å²) >= 11 is 0. The van der Waals surface area contributed by atoms with Gasteiger partial charge in [-0.25, -0.2) is 0 Å². The predicted octanol–water partition coefficient (Wildman–Crippen LogP) is 1.73. The fourth-order valence-corrected chi connectivity index (χ4v) is 2.06. The number of pyridine rings is 1. The van der Waals surface area contributed by atoms with Gasteiger partial charge in [-0.3, -0.25) is 9.78 Å². The number of nitrogens with zero attached hydrogens (tertiary/aromatic N) is 1. The zero-order valence-corrected chi connectivity index (χ0v) is 12.4. The van der Waals surface area contributed by atoms with Gasteiger partial charge >= 0.3 is 0 Å². The molecule has 2 heterocycles. The molecule has 0 radical (unpaired) electrons. The summed E-state index contributed by atoms with van der Waals surface area (Å²) in [4.78, 5) is 16.0. The van der Waals surface area contributed by atoms with Gasteiger partial charge in [-0.1, -0.05) is 12.5 Å². The van der Waals surface area contributed by atoms with Crippen molar-refractivity contribution < 1.29 is 4.79 Å². The van der Waals surface area contributed by atoms with Crippen LogP contribution in [-0.4, -0.2) is 30.0 Å². The van der Waals surface area contributed by atoms with Crippen LogP contribution in [0.4, 0.5) is 0 Å². The van der Waals surface area contributed by atoms with E-state index in [1.807, 2.05) is 18.2 Å². The van der Waals surface area contributed by atoms with Gasteiger partial charge in [-0.15, -0.1) is 24.8 Å². The van der Waals surface area contributed by atoms with Crippen LogP contribution in [0.15, 0.2) is 24.4 Å². The van der Waals surface area contributed by atoms with Crippen molar-refractivity contribution in [1.82, 2.24) is 15.6 Å². The lowest BCUT2D eigenvalue weighted by Crippen LogP contribution is -2.47. The monoisotopic (exact) mass is 305 g/mol. The molecule has 2 N–H and O–H groups in total. The van der Waals surface area contributed by atoms with Crippen LogP contribution in [0.3, 0.4) is 0 Å². The average molecular weight is 306 g/mol. The van der Waals surface area contributed by atoms with Gasteiger partial charge in [0, 0.05) is 24.9 Å². The molecule has 108 valence electrons. The number of rotatable bonds is 4. The van der Waals surface area contributed by atoms with Crippen LogP contribution < -0.4 is 10.6 Å². The second kappa shape index (κ2) is 10.0. The number of piperidine rings is 1. The fraction of sp³-hybridized carbons (Fsp3) is 0.538. The molecular formula is C13H21Cl2N3O. The summed E-state index contributed by atoms with van der Waals surface area (Å²) in [5.74, 6) is 0.126. The Balaban J connectivity index is 0.00000162. The van der Waals surface area contributed by atoms with Crippen molar-refractivity contribution in [1.29, 1.82) is 0 Å². The maximum Gasteiger partial charge on any atom is 0.237 e. The van der Waals surface area contributed by atoms with Crippen molar-refractivity contribution >= 4 is 30.7 Å². The molecule has 1 aliphatic rings. The minimum atomic E-state index is 0. The SMILES string of the molecule is Cl.Cl.O=C(NCCc1ccccn1)[C@@H]1CCCCN1. The van der Waals surface area contributed by atoms with Gasteiger partial charge in [0.15, 0.2) is 0 Å². The predicted molar refractivity (Wildman–Crippen MR) is 81.1 cm³/mol. The molecule has 1 saturated heterocycles. The van der Waals surface area contributed by atoms with Crippen molar-refractivity contribution in [3.05, 3.63) is 30.1 Å². The van der Waals surface area contributed by atoms with E-state index in [1.165, 1.54) is 6.42 Å². The molecule has 0 unspecified atom stereocenters. The Labute approximate surface area is 126 Å². The number of amides is 1. The Morgan fingerprint density at radius 1 is 1.37 bits per heavy atom. The lowest BCUT2D eigenvalue weighted by molar-refractivity contribution is -0.123. The topological polar surface area (TPSA) is 54.0 Å². The smallest absolute Gasteiger partial charge is 0.237 e. The molecule has 19 heavy (non-hydrogen) atoms. The highest BCUT2D eigenvalue weighted by atomic mass is 35.5. The molecule has 1 aliphatic heterocycles. The number of hydrogen-bond donors (Lipinski definition) is 2. The average Bonchev–Trinajstić information content (AvgIpc) is 2.41. The molecule has 0 bridgehead atoms. The molecule has 0 saturated carbocycles. The largest absolute Gasteiger partial charge is 0.354 e. The van der Waals surface area contributed by atoms with Crippen LogP contribution in [0.5, 0.6) is 0 Å². The van der Waals surface area contributed by atoms with Gasteiger partial charge in [0.25, 0.3) is 0 Å². The van der Waals surface area contributed by atoms with E-state index >= 15 is 0 Å². The third kappa shape index (κ3) is 6.23. The molecule has 0 aromatic carbocycles. The van der Waals surface area contributed by atoms with Crippen molar-refractivity contribution in [2.24, 2.45) is 0 Å². The third-order valence-electron chi connectivity index (χ3n) is 3.03. The Hall–Kier alpha value is -0.840. The molecule has 4 nitrogen and oxygen atoms in total. The van der Waals surface area contributed by atoms with Gasteiger partial charge in [-0.05, 0) is 31.5 Å². The van der Waals surface area contributed by atoms with Gasteiger partial charge < -0.3 is 10.6 Å². The summed E-state index contributed by atoms with van der Waals surface area (Å²) in [5, 5.41) is 6.20. The molecule has 0 aliphatic carbocycles. The van der Waals surface area contributed by atoms with E-state index in [0.717, 1.165) is 31.5 Å². The number of carbonyl (C=O) groups is 1. The van der Waals surface area contributed by atoms with Crippen molar-refractivity contribution in [2.75, 3.05) is 13.1 Å².